The summed E-state index contributed by atoms with van der Waals surface area (Å²) in [6.07, 6.45) is 1.61. The Labute approximate surface area is 134 Å². The minimum Gasteiger partial charge on any atom is -0.461 e. The number of furan rings is 1. The third kappa shape index (κ3) is 3.20. The summed E-state index contributed by atoms with van der Waals surface area (Å²) < 4.78 is 7.21. The number of nitrogens with zero attached hydrogens (tertiary/aromatic N) is 4. The quantitative estimate of drug-likeness (QED) is 0.722. The van der Waals surface area contributed by atoms with Crippen molar-refractivity contribution < 1.29 is 9.21 Å². The number of carbonyl (C=O) groups is 1. The van der Waals surface area contributed by atoms with E-state index in [1.165, 1.54) is 30.0 Å². The van der Waals surface area contributed by atoms with E-state index in [0.717, 1.165) is 10.9 Å². The molecule has 0 unspecified atom stereocenters. The predicted octanol–water partition coefficient (Wildman–Crippen LogP) is 2.78. The summed E-state index contributed by atoms with van der Waals surface area (Å²) in [5.41, 5.74) is 0.890. The van der Waals surface area contributed by atoms with Crippen LogP contribution in [0.3, 0.4) is 0 Å². The van der Waals surface area contributed by atoms with Gasteiger partial charge in [-0.05, 0) is 12.1 Å². The van der Waals surface area contributed by atoms with Crippen molar-refractivity contribution in [3.8, 4) is 11.6 Å². The lowest BCUT2D eigenvalue weighted by molar-refractivity contribution is -0.114. The molecule has 1 N–H and O–H groups in total. The molecule has 3 rings (SSSR count). The number of thioether (sulfide) groups is 1. The maximum absolute atomic E-state index is 11.0. The van der Waals surface area contributed by atoms with Gasteiger partial charge in [0.2, 0.25) is 5.91 Å². The lowest BCUT2D eigenvalue weighted by Gasteiger charge is -2.00. The van der Waals surface area contributed by atoms with E-state index in [2.05, 4.69) is 20.5 Å². The van der Waals surface area contributed by atoms with Gasteiger partial charge in [0.25, 0.3) is 0 Å². The Morgan fingerprint density at radius 1 is 1.50 bits per heavy atom. The van der Waals surface area contributed by atoms with Crippen LogP contribution in [0, 0.1) is 0 Å². The molecule has 7 nitrogen and oxygen atoms in total. The molecule has 9 heteroatoms. The first-order valence-corrected chi connectivity index (χ1v) is 8.28. The number of nitrogens with one attached hydrogen (secondary N) is 1. The van der Waals surface area contributed by atoms with Gasteiger partial charge in [-0.15, -0.1) is 21.5 Å². The van der Waals surface area contributed by atoms with Crippen LogP contribution in [0.5, 0.6) is 0 Å². The van der Waals surface area contributed by atoms with Crippen LogP contribution >= 0.6 is 23.1 Å². The maximum atomic E-state index is 11.0. The molecular formula is C13H13N5O2S2. The lowest BCUT2D eigenvalue weighted by atomic mass is 10.4. The Morgan fingerprint density at radius 3 is 3.09 bits per heavy atom. The molecule has 0 aromatic carbocycles. The molecular weight excluding hydrogens is 322 g/mol. The van der Waals surface area contributed by atoms with Gasteiger partial charge in [-0.2, -0.15) is 0 Å². The van der Waals surface area contributed by atoms with E-state index < -0.39 is 0 Å². The average Bonchev–Trinajstić information content (AvgIpc) is 3.17. The first-order valence-electron chi connectivity index (χ1n) is 6.41. The molecule has 1 amide bonds. The van der Waals surface area contributed by atoms with Gasteiger partial charge >= 0.3 is 0 Å². The minimum atomic E-state index is -0.120. The number of hydrogen-bond acceptors (Lipinski definition) is 7. The molecule has 0 atom stereocenters. The molecule has 0 aliphatic rings. The highest BCUT2D eigenvalue weighted by atomic mass is 32.2. The van der Waals surface area contributed by atoms with Crippen LogP contribution in [0.25, 0.3) is 11.6 Å². The van der Waals surface area contributed by atoms with Crippen molar-refractivity contribution in [1.82, 2.24) is 19.7 Å². The number of anilines is 1. The summed E-state index contributed by atoms with van der Waals surface area (Å²) in [5, 5.41) is 14.3. The zero-order valence-corrected chi connectivity index (χ0v) is 13.6. The second-order valence-corrected chi connectivity index (χ2v) is 6.26. The van der Waals surface area contributed by atoms with Crippen molar-refractivity contribution >= 4 is 34.1 Å². The molecule has 3 heterocycles. The predicted molar refractivity (Wildman–Crippen MR) is 84.7 cm³/mol. The Hall–Kier alpha value is -2.13. The average molecular weight is 335 g/mol. The number of amides is 1. The van der Waals surface area contributed by atoms with Crippen molar-refractivity contribution in [2.75, 3.05) is 5.32 Å². The zero-order chi connectivity index (χ0) is 15.5. The van der Waals surface area contributed by atoms with E-state index in [1.54, 1.807) is 6.26 Å². The van der Waals surface area contributed by atoms with Gasteiger partial charge in [-0.1, -0.05) is 11.8 Å². The molecule has 114 valence electrons. The molecule has 3 aromatic heterocycles. The summed E-state index contributed by atoms with van der Waals surface area (Å²) in [7, 11) is 1.89. The largest absolute Gasteiger partial charge is 0.461 e. The van der Waals surface area contributed by atoms with Crippen LogP contribution < -0.4 is 5.32 Å². The molecule has 0 aliphatic carbocycles. The van der Waals surface area contributed by atoms with Gasteiger partial charge in [0, 0.05) is 25.1 Å². The maximum Gasteiger partial charge on any atom is 0.223 e. The van der Waals surface area contributed by atoms with Crippen molar-refractivity contribution in [3.63, 3.8) is 0 Å². The summed E-state index contributed by atoms with van der Waals surface area (Å²) in [4.78, 5) is 15.3. The van der Waals surface area contributed by atoms with Crippen molar-refractivity contribution in [2.45, 2.75) is 17.8 Å². The molecule has 0 spiro atoms. The number of carbonyl (C=O) groups excluding carboxylic acids is 1. The highest BCUT2D eigenvalue weighted by Crippen LogP contribution is 2.26. The van der Waals surface area contributed by atoms with E-state index in [9.17, 15) is 4.79 Å². The summed E-state index contributed by atoms with van der Waals surface area (Å²) in [5.74, 6) is 1.90. The monoisotopic (exact) mass is 335 g/mol. The van der Waals surface area contributed by atoms with E-state index in [0.29, 0.717) is 22.5 Å². The number of aromatic nitrogens is 4. The van der Waals surface area contributed by atoms with E-state index >= 15 is 0 Å². The van der Waals surface area contributed by atoms with Gasteiger partial charge in [0.15, 0.2) is 21.9 Å². The molecule has 0 bridgehead atoms. The van der Waals surface area contributed by atoms with Crippen LogP contribution in [0.15, 0.2) is 33.3 Å². The SMILES string of the molecule is CC(=O)Nc1nc(CSc2nnc(-c3ccco3)n2C)cs1. The van der Waals surface area contributed by atoms with Crippen molar-refractivity contribution in [3.05, 3.63) is 29.5 Å². The van der Waals surface area contributed by atoms with Crippen LogP contribution in [-0.4, -0.2) is 25.7 Å². The molecule has 0 radical (unpaired) electrons. The molecule has 0 saturated carbocycles. The Kier molecular flexibility index (Phi) is 4.25. The second-order valence-electron chi connectivity index (χ2n) is 4.46. The third-order valence-corrected chi connectivity index (χ3v) is 4.62. The third-order valence-electron chi connectivity index (χ3n) is 2.76. The number of thiazole rings is 1. The summed E-state index contributed by atoms with van der Waals surface area (Å²) >= 11 is 2.94. The van der Waals surface area contributed by atoms with Crippen LogP contribution in [-0.2, 0) is 17.6 Å². The van der Waals surface area contributed by atoms with E-state index in [1.807, 2.05) is 29.1 Å². The molecule has 3 aromatic rings. The fourth-order valence-corrected chi connectivity index (χ4v) is 3.45. The highest BCUT2D eigenvalue weighted by molar-refractivity contribution is 7.98. The van der Waals surface area contributed by atoms with Crippen molar-refractivity contribution in [1.29, 1.82) is 0 Å². The van der Waals surface area contributed by atoms with Gasteiger partial charge in [0.1, 0.15) is 0 Å². The molecule has 22 heavy (non-hydrogen) atoms. The van der Waals surface area contributed by atoms with Gasteiger partial charge < -0.3 is 14.3 Å². The molecule has 0 fully saturated rings. The Morgan fingerprint density at radius 2 is 2.36 bits per heavy atom. The lowest BCUT2D eigenvalue weighted by Crippen LogP contribution is -2.05. The standard InChI is InChI=1S/C13H13N5O2S2/c1-8(19)14-12-15-9(6-21-12)7-22-13-17-16-11(18(13)2)10-4-3-5-20-10/h3-6H,7H2,1-2H3,(H,14,15,19). The van der Waals surface area contributed by atoms with Gasteiger partial charge in [-0.25, -0.2) is 4.98 Å². The van der Waals surface area contributed by atoms with Gasteiger partial charge in [0.05, 0.1) is 12.0 Å². The number of rotatable bonds is 5. The van der Waals surface area contributed by atoms with Gasteiger partial charge in [-0.3, -0.25) is 4.79 Å². The summed E-state index contributed by atoms with van der Waals surface area (Å²) in [6.45, 7) is 1.46. The molecule has 0 saturated heterocycles. The molecule has 0 aliphatic heterocycles. The first-order chi connectivity index (χ1) is 10.6. The van der Waals surface area contributed by atoms with E-state index in [4.69, 9.17) is 4.42 Å². The minimum absolute atomic E-state index is 0.120. The van der Waals surface area contributed by atoms with Crippen LogP contribution in [0.1, 0.15) is 12.6 Å². The Balaban J connectivity index is 1.67. The second kappa shape index (κ2) is 6.32. The van der Waals surface area contributed by atoms with E-state index in [-0.39, 0.29) is 5.91 Å². The normalized spacial score (nSPS) is 10.8. The van der Waals surface area contributed by atoms with Crippen LogP contribution in [0.2, 0.25) is 0 Å². The first kappa shape index (κ1) is 14.8. The summed E-state index contributed by atoms with van der Waals surface area (Å²) in [6, 6.07) is 3.66. The smallest absolute Gasteiger partial charge is 0.223 e. The van der Waals surface area contributed by atoms with Crippen LogP contribution in [0.4, 0.5) is 5.13 Å². The zero-order valence-electron chi connectivity index (χ0n) is 11.9. The van der Waals surface area contributed by atoms with Crippen molar-refractivity contribution in [2.24, 2.45) is 7.05 Å². The topological polar surface area (TPSA) is 85.8 Å². The Bertz CT molecular complexity index is 778. The fraction of sp³-hybridized carbons (Fsp3) is 0.231. The highest BCUT2D eigenvalue weighted by Gasteiger charge is 2.14. The fourth-order valence-electron chi connectivity index (χ4n) is 1.78. The number of hydrogen-bond donors (Lipinski definition) is 1.